The second-order valence-corrected chi connectivity index (χ2v) is 5.02. The van der Waals surface area contributed by atoms with Crippen LogP contribution in [0.25, 0.3) is 0 Å². The van der Waals surface area contributed by atoms with Crippen molar-refractivity contribution in [3.63, 3.8) is 0 Å². The van der Waals surface area contributed by atoms with Gasteiger partial charge in [-0.15, -0.1) is 0 Å². The molecule has 1 saturated carbocycles. The first-order chi connectivity index (χ1) is 9.19. The van der Waals surface area contributed by atoms with Crippen LogP contribution < -0.4 is 0 Å². The molecule has 0 aromatic rings. The summed E-state index contributed by atoms with van der Waals surface area (Å²) in [6.45, 7) is 4.09. The van der Waals surface area contributed by atoms with Gasteiger partial charge >= 0.3 is 12.2 Å². The zero-order valence-corrected chi connectivity index (χ0v) is 11.1. The topological polar surface area (TPSA) is 59.1 Å². The largest absolute Gasteiger partial charge is 0.448 e. The molecule has 0 radical (unpaired) electrons. The molecule has 0 spiro atoms. The van der Waals surface area contributed by atoms with Crippen LogP contribution in [0.3, 0.4) is 0 Å². The Morgan fingerprint density at radius 3 is 1.79 bits per heavy atom. The van der Waals surface area contributed by atoms with Gasteiger partial charge in [-0.05, 0) is 32.1 Å². The van der Waals surface area contributed by atoms with Crippen molar-refractivity contribution in [2.45, 2.75) is 32.4 Å². The average molecular weight is 266 g/mol. The Hall–Kier alpha value is -1.72. The smallest absolute Gasteiger partial charge is 0.429 e. The molecule has 4 rings (SSSR count). The number of rotatable bonds is 2. The van der Waals surface area contributed by atoms with Crippen LogP contribution in [0.15, 0.2) is 12.2 Å². The second-order valence-electron chi connectivity index (χ2n) is 5.02. The summed E-state index contributed by atoms with van der Waals surface area (Å²) >= 11 is 0. The lowest BCUT2D eigenvalue weighted by Crippen LogP contribution is -2.64. The van der Waals surface area contributed by atoms with Crippen LogP contribution in [0.4, 0.5) is 9.59 Å². The van der Waals surface area contributed by atoms with Crippen molar-refractivity contribution >= 4 is 12.2 Å². The van der Waals surface area contributed by atoms with E-state index < -0.39 is 12.2 Å². The quantitative estimate of drug-likeness (QED) is 0.715. The maximum atomic E-state index is 12.1. The summed E-state index contributed by atoms with van der Waals surface area (Å²) in [5, 5.41) is 2.86. The third-order valence-corrected chi connectivity index (χ3v) is 3.98. The summed E-state index contributed by atoms with van der Waals surface area (Å²) in [7, 11) is 0. The number of hydrazine groups is 1. The van der Waals surface area contributed by atoms with Gasteiger partial charge in [-0.3, -0.25) is 0 Å². The molecule has 0 aromatic carbocycles. The Labute approximate surface area is 111 Å². The predicted octanol–water partition coefficient (Wildman–Crippen LogP) is 1.78. The van der Waals surface area contributed by atoms with Gasteiger partial charge in [0.2, 0.25) is 0 Å². The van der Waals surface area contributed by atoms with E-state index in [0.29, 0.717) is 25.0 Å². The van der Waals surface area contributed by atoms with Crippen molar-refractivity contribution in [1.29, 1.82) is 0 Å². The highest BCUT2D eigenvalue weighted by Crippen LogP contribution is 2.55. The van der Waals surface area contributed by atoms with E-state index in [4.69, 9.17) is 9.47 Å². The van der Waals surface area contributed by atoms with E-state index in [0.717, 1.165) is 6.42 Å². The maximum absolute atomic E-state index is 12.1. The van der Waals surface area contributed by atoms with Crippen molar-refractivity contribution in [1.82, 2.24) is 10.0 Å². The molecule has 0 N–H and O–H groups in total. The molecule has 6 nitrogen and oxygen atoms in total. The molecule has 2 heterocycles. The molecule has 2 aliphatic heterocycles. The number of ether oxygens (including phenoxy) is 2. The second kappa shape index (κ2) is 4.43. The van der Waals surface area contributed by atoms with Gasteiger partial charge < -0.3 is 9.47 Å². The fourth-order valence-electron chi connectivity index (χ4n) is 3.15. The maximum Gasteiger partial charge on any atom is 0.429 e. The Morgan fingerprint density at radius 1 is 1.00 bits per heavy atom. The molecule has 4 atom stereocenters. The van der Waals surface area contributed by atoms with E-state index in [9.17, 15) is 9.59 Å². The minimum absolute atomic E-state index is 0.0709. The Kier molecular flexibility index (Phi) is 2.88. The Morgan fingerprint density at radius 2 is 1.42 bits per heavy atom. The first kappa shape index (κ1) is 12.3. The molecular formula is C13H18N2O4. The third kappa shape index (κ3) is 1.77. The highest BCUT2D eigenvalue weighted by Gasteiger charge is 2.61. The molecule has 2 amide bonds. The Bertz CT molecular complexity index is 398. The standard InChI is InChI=1S/C13H18N2O4/c1-3-18-12(16)14-10-5-6-11(9-7-8(9)10)15(14)13(17)19-4-2/h5-6,8-11H,3-4,7H2,1-2H3/t8-,9+,10-,11+. The van der Waals surface area contributed by atoms with Crippen LogP contribution in [-0.2, 0) is 9.47 Å². The van der Waals surface area contributed by atoms with Crippen molar-refractivity contribution in [2.24, 2.45) is 11.8 Å². The van der Waals surface area contributed by atoms with Gasteiger partial charge in [0.15, 0.2) is 0 Å². The van der Waals surface area contributed by atoms with Crippen LogP contribution in [0.1, 0.15) is 20.3 Å². The summed E-state index contributed by atoms with van der Waals surface area (Å²) in [6, 6.07) is -0.142. The molecule has 6 heteroatoms. The van der Waals surface area contributed by atoms with Crippen LogP contribution in [-0.4, -0.2) is 47.5 Å². The lowest BCUT2D eigenvalue weighted by molar-refractivity contribution is -0.0816. The van der Waals surface area contributed by atoms with E-state index in [1.165, 1.54) is 10.0 Å². The molecule has 2 fully saturated rings. The molecule has 104 valence electrons. The first-order valence-electron chi connectivity index (χ1n) is 6.79. The summed E-state index contributed by atoms with van der Waals surface area (Å²) in [5.74, 6) is 0.926. The van der Waals surface area contributed by atoms with Gasteiger partial charge in [0.05, 0.1) is 25.3 Å². The van der Waals surface area contributed by atoms with E-state index >= 15 is 0 Å². The van der Waals surface area contributed by atoms with Crippen molar-refractivity contribution in [2.75, 3.05) is 13.2 Å². The number of carbonyl (C=O) groups excluding carboxylic acids is 2. The van der Waals surface area contributed by atoms with E-state index in [-0.39, 0.29) is 12.1 Å². The lowest BCUT2D eigenvalue weighted by Gasteiger charge is -2.47. The molecule has 4 aliphatic rings. The minimum Gasteiger partial charge on any atom is -0.448 e. The van der Waals surface area contributed by atoms with Gasteiger partial charge in [0, 0.05) is 0 Å². The molecule has 19 heavy (non-hydrogen) atoms. The van der Waals surface area contributed by atoms with Gasteiger partial charge in [-0.2, -0.15) is 0 Å². The predicted molar refractivity (Wildman–Crippen MR) is 66.0 cm³/mol. The van der Waals surface area contributed by atoms with Crippen LogP contribution >= 0.6 is 0 Å². The third-order valence-electron chi connectivity index (χ3n) is 3.98. The van der Waals surface area contributed by atoms with Gasteiger partial charge in [-0.25, -0.2) is 19.6 Å². The summed E-state index contributed by atoms with van der Waals surface area (Å²) in [4.78, 5) is 24.2. The molecule has 0 unspecified atom stereocenters. The summed E-state index contributed by atoms with van der Waals surface area (Å²) < 4.78 is 10.1. The van der Waals surface area contributed by atoms with Crippen LogP contribution in [0, 0.1) is 11.8 Å². The van der Waals surface area contributed by atoms with Crippen molar-refractivity contribution in [3.8, 4) is 0 Å². The number of carbonyl (C=O) groups is 2. The van der Waals surface area contributed by atoms with Gasteiger partial charge in [0.25, 0.3) is 0 Å². The zero-order valence-electron chi connectivity index (χ0n) is 11.1. The van der Waals surface area contributed by atoms with Crippen LogP contribution in [0.5, 0.6) is 0 Å². The molecule has 1 saturated heterocycles. The zero-order chi connectivity index (χ0) is 13.6. The molecule has 2 aliphatic carbocycles. The highest BCUT2D eigenvalue weighted by molar-refractivity contribution is 5.76. The monoisotopic (exact) mass is 266 g/mol. The highest BCUT2D eigenvalue weighted by atomic mass is 16.6. The first-order valence-corrected chi connectivity index (χ1v) is 6.79. The molecular weight excluding hydrogens is 248 g/mol. The minimum atomic E-state index is -0.472. The fourth-order valence-corrected chi connectivity index (χ4v) is 3.15. The van der Waals surface area contributed by atoms with E-state index in [2.05, 4.69) is 0 Å². The van der Waals surface area contributed by atoms with Crippen molar-refractivity contribution < 1.29 is 19.1 Å². The lowest BCUT2D eigenvalue weighted by atomic mass is 9.94. The van der Waals surface area contributed by atoms with Gasteiger partial charge in [0.1, 0.15) is 0 Å². The average Bonchev–Trinajstić information content (AvgIpc) is 3.20. The Balaban J connectivity index is 1.88. The SMILES string of the molecule is CCOC(=O)N1[C@@H]2C=C[C@@H]([C@H]3C[C@H]32)N1C(=O)OCC. The fraction of sp³-hybridized carbons (Fsp3) is 0.692. The normalized spacial score (nSPS) is 34.0. The summed E-state index contributed by atoms with van der Waals surface area (Å²) in [5.41, 5.74) is 0. The van der Waals surface area contributed by atoms with E-state index in [1.54, 1.807) is 13.8 Å². The number of amides is 2. The molecule has 2 bridgehead atoms. The van der Waals surface area contributed by atoms with Crippen LogP contribution in [0.2, 0.25) is 0 Å². The number of nitrogens with zero attached hydrogens (tertiary/aromatic N) is 2. The van der Waals surface area contributed by atoms with Gasteiger partial charge in [-0.1, -0.05) is 12.2 Å². The number of hydrogen-bond donors (Lipinski definition) is 0. The number of hydrogen-bond acceptors (Lipinski definition) is 4. The van der Waals surface area contributed by atoms with Crippen molar-refractivity contribution in [3.05, 3.63) is 12.2 Å². The number of fused-ring (bicyclic) bond motifs is 1. The summed E-state index contributed by atoms with van der Waals surface area (Å²) in [6.07, 6.45) is 4.12. The van der Waals surface area contributed by atoms with E-state index in [1.807, 2.05) is 12.2 Å². The molecule has 0 aromatic heterocycles.